The summed E-state index contributed by atoms with van der Waals surface area (Å²) in [4.78, 5) is 163. The number of carbonyl (C=O) groups is 13. The molecule has 0 aromatic rings. The maximum Gasteiger partial charge on any atom is 0.312 e. The molecule has 0 aromatic carbocycles. The van der Waals surface area contributed by atoms with Crippen molar-refractivity contribution in [2.75, 3.05) is 145 Å². The Kier molecular flexibility index (Phi) is 70.9. The normalized spacial score (nSPS) is 13.8. The van der Waals surface area contributed by atoms with Crippen LogP contribution >= 0.6 is 0 Å². The second-order valence-electron chi connectivity index (χ2n) is 33.5. The van der Waals surface area contributed by atoms with E-state index in [4.69, 9.17) is 60.8 Å². The van der Waals surface area contributed by atoms with E-state index >= 15 is 0 Å². The first-order valence-electron chi connectivity index (χ1n) is 43.6. The lowest BCUT2D eigenvalue weighted by molar-refractivity contribution is -0.134. The van der Waals surface area contributed by atoms with Gasteiger partial charge in [-0.1, -0.05) is 138 Å². The SMILES string of the molecule is CC(C)NC[C@H](NC(C)C)C(=O)C[C@H](C(=O)N[C@@H](CCCNC(N)=O)C(=O)C(C)C)C(C)C.CC(C)N[C@@H](CN)C(=O)C[C@H](C(=O)N[C@@H](CCCNC(N)=O)C(=O)C(C)C)C(C)C.COCCOCCOCCOCCOCCOCCOCCOCCC(=O)NC[C@H](NC(C)C)C(=O)C[C@H](C(=O)N[C@@H](CCCNC(N)=O)C(=O)CC(C)C)C(C)C. The van der Waals surface area contributed by atoms with Crippen LogP contribution in [-0.2, 0) is 85.8 Å². The summed E-state index contributed by atoms with van der Waals surface area (Å²) in [7, 11) is 1.63. The summed E-state index contributed by atoms with van der Waals surface area (Å²) < 4.78 is 43.0. The summed E-state index contributed by atoms with van der Waals surface area (Å²) in [6, 6.07) is -5.23. The number of hydrogen-bond acceptors (Lipinski definition) is 26. The first-order chi connectivity index (χ1) is 56.9. The summed E-state index contributed by atoms with van der Waals surface area (Å²) in [5.74, 6) is -4.43. The Morgan fingerprint density at radius 2 is 0.595 bits per heavy atom. The quantitative estimate of drug-likeness (QED) is 0.0385. The lowest BCUT2D eigenvalue weighted by Gasteiger charge is -2.27. The molecule has 0 heterocycles. The van der Waals surface area contributed by atoms with Crippen molar-refractivity contribution in [2.24, 2.45) is 76.2 Å². The van der Waals surface area contributed by atoms with E-state index in [2.05, 4.69) is 58.5 Å². The Hall–Kier alpha value is -6.81. The van der Waals surface area contributed by atoms with E-state index in [1.807, 2.05) is 111 Å². The Balaban J connectivity index is -0.00000187. The van der Waals surface area contributed by atoms with E-state index in [-0.39, 0.29) is 176 Å². The largest absolute Gasteiger partial charge is 0.382 e. The molecule has 0 spiro atoms. The number of amides is 10. The van der Waals surface area contributed by atoms with Gasteiger partial charge in [-0.15, -0.1) is 0 Å². The molecule has 0 bridgehead atoms. The van der Waals surface area contributed by atoms with Crippen LogP contribution < -0.4 is 81.4 Å². The molecule has 0 aliphatic carbocycles. The monoisotopic (exact) mass is 1730 g/mol. The molecule has 0 saturated carbocycles. The molecule has 706 valence electrons. The molecule has 0 fully saturated rings. The Morgan fingerprint density at radius 3 is 0.876 bits per heavy atom. The minimum atomic E-state index is -0.749. The van der Waals surface area contributed by atoms with Crippen molar-refractivity contribution >= 4 is 76.4 Å². The maximum absolute atomic E-state index is 13.5. The van der Waals surface area contributed by atoms with E-state index in [0.717, 1.165) is 0 Å². The van der Waals surface area contributed by atoms with Crippen LogP contribution in [0.3, 0.4) is 0 Å². The summed E-state index contributed by atoms with van der Waals surface area (Å²) >= 11 is 0. The van der Waals surface area contributed by atoms with Gasteiger partial charge in [0.05, 0.1) is 135 Å². The molecule has 0 aliphatic rings. The summed E-state index contributed by atoms with van der Waals surface area (Å²) in [5.41, 5.74) is 21.0. The number of rotatable bonds is 73. The van der Waals surface area contributed by atoms with Crippen LogP contribution in [0.1, 0.15) is 209 Å². The van der Waals surface area contributed by atoms with Gasteiger partial charge >= 0.3 is 18.1 Å². The lowest BCUT2D eigenvalue weighted by Crippen LogP contribution is -2.51. The molecular weight excluding hydrogens is 1570 g/mol. The number of primary amides is 3. The van der Waals surface area contributed by atoms with Gasteiger partial charge in [0.25, 0.3) is 0 Å². The van der Waals surface area contributed by atoms with Crippen LogP contribution in [0.15, 0.2) is 0 Å². The Labute approximate surface area is 723 Å². The number of carbonyl (C=O) groups excluding carboxylic acids is 13. The van der Waals surface area contributed by atoms with Gasteiger partial charge in [-0.3, -0.25) is 47.9 Å². The topological polar surface area (TPSA) is 532 Å². The fraction of sp³-hybridized carbons (Fsp3) is 0.847. The molecule has 0 unspecified atom stereocenters. The van der Waals surface area contributed by atoms with E-state index in [1.54, 1.807) is 34.8 Å². The van der Waals surface area contributed by atoms with Gasteiger partial charge in [0.15, 0.2) is 34.7 Å². The maximum atomic E-state index is 13.5. The van der Waals surface area contributed by atoms with Crippen molar-refractivity contribution in [1.29, 1.82) is 0 Å². The Morgan fingerprint density at radius 1 is 0.314 bits per heavy atom. The third kappa shape index (κ3) is 64.6. The van der Waals surface area contributed by atoms with E-state index in [0.29, 0.717) is 151 Å². The van der Waals surface area contributed by atoms with Crippen LogP contribution in [0.4, 0.5) is 14.4 Å². The molecule has 0 aliphatic heterocycles. The van der Waals surface area contributed by atoms with E-state index in [1.165, 1.54) is 0 Å². The molecule has 36 heteroatoms. The minimum Gasteiger partial charge on any atom is -0.382 e. The van der Waals surface area contributed by atoms with Gasteiger partial charge in [-0.2, -0.15) is 0 Å². The third-order valence-corrected chi connectivity index (χ3v) is 18.7. The predicted molar refractivity (Wildman–Crippen MR) is 468 cm³/mol. The highest BCUT2D eigenvalue weighted by atomic mass is 16.6. The fourth-order valence-corrected chi connectivity index (χ4v) is 12.0. The van der Waals surface area contributed by atoms with E-state index in [9.17, 15) is 62.3 Å². The molecular formula is C85H165N15O21. The average molecular weight is 1730 g/mol. The summed E-state index contributed by atoms with van der Waals surface area (Å²) in [6.07, 6.45) is 3.00. The number of ether oxygens (including phenoxy) is 8. The van der Waals surface area contributed by atoms with Crippen LogP contribution in [0, 0.1) is 53.3 Å². The van der Waals surface area contributed by atoms with Gasteiger partial charge in [0, 0.05) is 132 Å². The molecule has 121 heavy (non-hydrogen) atoms. The van der Waals surface area contributed by atoms with Crippen molar-refractivity contribution in [3.05, 3.63) is 0 Å². The standard InChI is InChI=1S/C40H77N5O13.C24H47N5O4.C21H41N5O4/c1-30(2)27-36(46)34(9-8-11-42-40(41)50)45-39(49)33(31(3)4)28-37(47)35(44-32(5)6)29-43-38(48)10-12-52-15-16-54-19-20-56-23-24-58-26-25-57-22-21-55-18-17-53-14-13-51-7;1-14(2)18(12-21(30)20(28-17(7)8)13-27-16(5)6)23(32)29-19(22(31)15(3)4)10-9-11-26-24(25)33;1-12(2)15(10-18(27)17(11-22)25-14(5)6)20(29)26-16(19(28)13(3)4)8-7-9-24-21(23)30/h30-35,44H,8-29H2,1-7H3,(H,43,48)(H,45,49)(H3,41,42,50);14-20,27-28H,9-13H2,1-8H3,(H,29,32)(H3,25,26,33);12-17,25H,7-11,22H2,1-6H3,(H,26,29)(H3,23,24,30)/t33-,34-,35-;18-,19-,20-;15-,16-,17-/m000/s1. The molecule has 36 nitrogen and oxygen atoms in total. The fourth-order valence-electron chi connectivity index (χ4n) is 12.0. The van der Waals surface area contributed by atoms with E-state index < -0.39 is 72.1 Å². The van der Waals surface area contributed by atoms with Gasteiger partial charge in [-0.25, -0.2) is 14.4 Å². The number of Topliss-reactive ketones (excluding diaryl/α,β-unsaturated/α-hetero) is 6. The van der Waals surface area contributed by atoms with Crippen molar-refractivity contribution in [3.63, 3.8) is 0 Å². The van der Waals surface area contributed by atoms with Crippen LogP contribution in [0.5, 0.6) is 0 Å². The lowest BCUT2D eigenvalue weighted by atomic mass is 9.87. The zero-order chi connectivity index (χ0) is 92.5. The highest BCUT2D eigenvalue weighted by Gasteiger charge is 2.36. The number of urea groups is 3. The first kappa shape index (κ1) is 118. The molecule has 9 atom stereocenters. The number of methoxy groups -OCH3 is 1. The van der Waals surface area contributed by atoms with Crippen molar-refractivity contribution < 1.29 is 100 Å². The van der Waals surface area contributed by atoms with Gasteiger partial charge in [0.2, 0.25) is 23.6 Å². The highest BCUT2D eigenvalue weighted by Crippen LogP contribution is 2.23. The predicted octanol–water partition coefficient (Wildman–Crippen LogP) is 3.84. The number of nitrogens with two attached hydrogens (primary N) is 4. The van der Waals surface area contributed by atoms with Gasteiger partial charge < -0.3 is 119 Å². The minimum absolute atomic E-state index is 0.0249. The van der Waals surface area contributed by atoms with Crippen molar-refractivity contribution in [3.8, 4) is 0 Å². The van der Waals surface area contributed by atoms with Gasteiger partial charge in [0.1, 0.15) is 0 Å². The summed E-state index contributed by atoms with van der Waals surface area (Å²) in [5, 5.41) is 31.8. The van der Waals surface area contributed by atoms with Crippen molar-refractivity contribution in [2.45, 2.75) is 270 Å². The second kappa shape index (κ2) is 72.5. The average Bonchev–Trinajstić information content (AvgIpc) is 0.868. The highest BCUT2D eigenvalue weighted by molar-refractivity contribution is 5.96. The van der Waals surface area contributed by atoms with Crippen LogP contribution in [-0.4, -0.2) is 282 Å². The molecule has 0 radical (unpaired) electrons. The smallest absolute Gasteiger partial charge is 0.312 e. The van der Waals surface area contributed by atoms with Crippen molar-refractivity contribution in [1.82, 2.24) is 58.5 Å². The molecule has 19 N–H and O–H groups in total. The first-order valence-corrected chi connectivity index (χ1v) is 43.6. The second-order valence-corrected chi connectivity index (χ2v) is 33.5. The summed E-state index contributed by atoms with van der Waals surface area (Å²) in [6.45, 7) is 46.2. The number of ketones is 6. The van der Waals surface area contributed by atoms with Gasteiger partial charge in [-0.05, 0) is 62.2 Å². The molecule has 0 rings (SSSR count). The number of hydrogen-bond donors (Lipinski definition) is 15. The third-order valence-electron chi connectivity index (χ3n) is 18.7. The Bertz CT molecular complexity index is 2870. The van der Waals surface area contributed by atoms with Crippen LogP contribution in [0.2, 0.25) is 0 Å². The number of nitrogens with one attached hydrogen (secondary N) is 11. The van der Waals surface area contributed by atoms with Crippen LogP contribution in [0.25, 0.3) is 0 Å². The molecule has 0 aromatic heterocycles. The molecule has 10 amide bonds. The zero-order valence-electron chi connectivity index (χ0n) is 77.5. The zero-order valence-corrected chi connectivity index (χ0v) is 77.5. The molecule has 0 saturated heterocycles.